The minimum Gasteiger partial charge on any atom is -0.353 e. The molecule has 3 atom stereocenters. The van der Waals surface area contributed by atoms with Crippen LogP contribution in [0.15, 0.2) is 23.0 Å². The van der Waals surface area contributed by atoms with Gasteiger partial charge in [-0.15, -0.1) is 0 Å². The molecule has 0 radical (unpaired) electrons. The lowest BCUT2D eigenvalue weighted by Gasteiger charge is -2.20. The van der Waals surface area contributed by atoms with Gasteiger partial charge in [-0.2, -0.15) is 0 Å². The van der Waals surface area contributed by atoms with Crippen LogP contribution in [0.3, 0.4) is 0 Å². The first-order valence-electron chi connectivity index (χ1n) is 8.11. The second kappa shape index (κ2) is 6.04. The van der Waals surface area contributed by atoms with Gasteiger partial charge in [-0.3, -0.25) is 9.59 Å². The van der Waals surface area contributed by atoms with Gasteiger partial charge in [0.15, 0.2) is 0 Å². The van der Waals surface area contributed by atoms with Crippen LogP contribution in [0.5, 0.6) is 0 Å². The van der Waals surface area contributed by atoms with Crippen molar-refractivity contribution in [1.29, 1.82) is 0 Å². The number of rotatable bonds is 4. The van der Waals surface area contributed by atoms with Crippen molar-refractivity contribution in [3.8, 4) is 0 Å². The summed E-state index contributed by atoms with van der Waals surface area (Å²) in [5, 5.41) is 3.21. The Bertz CT molecular complexity index is 578. The first kappa shape index (κ1) is 14.4. The summed E-state index contributed by atoms with van der Waals surface area (Å²) >= 11 is 0. The first-order valence-corrected chi connectivity index (χ1v) is 8.11. The van der Waals surface area contributed by atoms with Crippen LogP contribution >= 0.6 is 0 Å². The summed E-state index contributed by atoms with van der Waals surface area (Å²) in [6.07, 6.45) is 6.72. The number of pyridine rings is 1. The van der Waals surface area contributed by atoms with Crippen LogP contribution in [0.25, 0.3) is 0 Å². The van der Waals surface area contributed by atoms with Crippen molar-refractivity contribution in [3.63, 3.8) is 0 Å². The number of carbonyl (C=O) groups excluding carboxylic acids is 1. The van der Waals surface area contributed by atoms with Crippen molar-refractivity contribution in [3.05, 3.63) is 34.2 Å². The molecule has 1 aromatic heterocycles. The van der Waals surface area contributed by atoms with Crippen LogP contribution in [0.4, 0.5) is 0 Å². The fraction of sp³-hybridized carbons (Fsp3) is 0.647. The lowest BCUT2D eigenvalue weighted by Crippen LogP contribution is -2.38. The number of nitrogens with zero attached hydrogens (tertiary/aromatic N) is 1. The molecule has 1 amide bonds. The smallest absolute Gasteiger partial charge is 0.250 e. The van der Waals surface area contributed by atoms with Crippen LogP contribution in [0, 0.1) is 18.8 Å². The van der Waals surface area contributed by atoms with Gasteiger partial charge >= 0.3 is 0 Å². The summed E-state index contributed by atoms with van der Waals surface area (Å²) in [6, 6.07) is 5.58. The maximum atomic E-state index is 12.2. The molecule has 1 aromatic rings. The molecule has 4 heteroatoms. The molecule has 0 saturated heterocycles. The van der Waals surface area contributed by atoms with Crippen LogP contribution in [-0.2, 0) is 11.3 Å². The Balaban J connectivity index is 1.54. The number of fused-ring (bicyclic) bond motifs is 1. The van der Waals surface area contributed by atoms with Gasteiger partial charge in [0, 0.05) is 30.8 Å². The molecule has 1 heterocycles. The molecule has 4 nitrogen and oxygen atoms in total. The van der Waals surface area contributed by atoms with Crippen molar-refractivity contribution >= 4 is 5.91 Å². The third-order valence-corrected chi connectivity index (χ3v) is 5.26. The second-order valence-corrected chi connectivity index (χ2v) is 6.51. The molecular weight excluding hydrogens is 264 g/mol. The minimum atomic E-state index is -0.0282. The monoisotopic (exact) mass is 288 g/mol. The van der Waals surface area contributed by atoms with E-state index in [1.165, 1.54) is 25.7 Å². The molecule has 0 aliphatic heterocycles. The Labute approximate surface area is 125 Å². The van der Waals surface area contributed by atoms with Gasteiger partial charge in [0.05, 0.1) is 0 Å². The molecule has 0 bridgehead atoms. The van der Waals surface area contributed by atoms with Crippen molar-refractivity contribution in [1.82, 2.24) is 9.88 Å². The van der Waals surface area contributed by atoms with Crippen molar-refractivity contribution in [2.24, 2.45) is 11.8 Å². The fourth-order valence-electron chi connectivity index (χ4n) is 4.14. The molecular formula is C17H24N2O2. The molecule has 114 valence electrons. The van der Waals surface area contributed by atoms with Crippen LogP contribution in [-0.4, -0.2) is 16.5 Å². The van der Waals surface area contributed by atoms with Crippen molar-refractivity contribution in [2.75, 3.05) is 0 Å². The molecule has 0 spiro atoms. The Hall–Kier alpha value is -1.58. The summed E-state index contributed by atoms with van der Waals surface area (Å²) < 4.78 is 1.67. The molecule has 3 rings (SSSR count). The topological polar surface area (TPSA) is 51.1 Å². The van der Waals surface area contributed by atoms with Gasteiger partial charge in [0.2, 0.25) is 5.91 Å². The number of carbonyl (C=O) groups is 1. The maximum absolute atomic E-state index is 12.2. The zero-order valence-electron chi connectivity index (χ0n) is 12.7. The third-order valence-electron chi connectivity index (χ3n) is 5.26. The van der Waals surface area contributed by atoms with E-state index < -0.39 is 0 Å². The zero-order chi connectivity index (χ0) is 14.8. The highest BCUT2D eigenvalue weighted by Crippen LogP contribution is 2.43. The Morgan fingerprint density at radius 3 is 2.95 bits per heavy atom. The highest BCUT2D eigenvalue weighted by molar-refractivity contribution is 5.76. The molecule has 2 saturated carbocycles. The average Bonchev–Trinajstić information content (AvgIpc) is 3.03. The number of amides is 1. The third kappa shape index (κ3) is 3.04. The first-order chi connectivity index (χ1) is 10.1. The summed E-state index contributed by atoms with van der Waals surface area (Å²) in [7, 11) is 0. The van der Waals surface area contributed by atoms with E-state index in [0.29, 0.717) is 24.9 Å². The van der Waals surface area contributed by atoms with E-state index in [4.69, 9.17) is 0 Å². The van der Waals surface area contributed by atoms with E-state index in [-0.39, 0.29) is 11.5 Å². The quantitative estimate of drug-likeness (QED) is 0.924. The summed E-state index contributed by atoms with van der Waals surface area (Å²) in [5.41, 5.74) is 0.881. The fourth-order valence-corrected chi connectivity index (χ4v) is 4.14. The standard InChI is InChI=1S/C17H24N2O2/c1-12-4-2-7-17(21)19(12)11-10-16(20)18-15-9-8-13-5-3-6-14(13)15/h2,4,7,13-15H,3,5-6,8-11H2,1H3,(H,18,20)/t13-,14-,15-/m0/s1. The van der Waals surface area contributed by atoms with Crippen molar-refractivity contribution < 1.29 is 4.79 Å². The van der Waals surface area contributed by atoms with Crippen LogP contribution in [0.2, 0.25) is 0 Å². The van der Waals surface area contributed by atoms with Gasteiger partial charge in [0.1, 0.15) is 0 Å². The van der Waals surface area contributed by atoms with E-state index in [1.54, 1.807) is 16.7 Å². The summed E-state index contributed by atoms with van der Waals surface area (Å²) in [4.78, 5) is 23.9. The Kier molecular flexibility index (Phi) is 4.13. The molecule has 0 aromatic carbocycles. The predicted molar refractivity (Wildman–Crippen MR) is 82.1 cm³/mol. The molecule has 2 aliphatic rings. The number of hydrogen-bond donors (Lipinski definition) is 1. The number of aromatic nitrogens is 1. The van der Waals surface area contributed by atoms with Gasteiger partial charge in [-0.1, -0.05) is 18.9 Å². The van der Waals surface area contributed by atoms with Crippen LogP contribution in [0.1, 0.15) is 44.2 Å². The van der Waals surface area contributed by atoms with Gasteiger partial charge in [-0.25, -0.2) is 0 Å². The van der Waals surface area contributed by atoms with E-state index in [1.807, 2.05) is 13.0 Å². The number of nitrogens with one attached hydrogen (secondary N) is 1. The van der Waals surface area contributed by atoms with Gasteiger partial charge < -0.3 is 9.88 Å². The molecule has 1 N–H and O–H groups in total. The molecule has 2 fully saturated rings. The largest absolute Gasteiger partial charge is 0.353 e. The van der Waals surface area contributed by atoms with Crippen LogP contribution < -0.4 is 10.9 Å². The maximum Gasteiger partial charge on any atom is 0.250 e. The van der Waals surface area contributed by atoms with E-state index >= 15 is 0 Å². The summed E-state index contributed by atoms with van der Waals surface area (Å²) in [6.45, 7) is 2.37. The molecule has 21 heavy (non-hydrogen) atoms. The molecule has 2 aliphatic carbocycles. The highest BCUT2D eigenvalue weighted by Gasteiger charge is 2.39. The highest BCUT2D eigenvalue weighted by atomic mass is 16.2. The molecule has 0 unspecified atom stereocenters. The number of aryl methyl sites for hydroxylation is 1. The lowest BCUT2D eigenvalue weighted by atomic mass is 9.97. The number of hydrogen-bond acceptors (Lipinski definition) is 2. The zero-order valence-corrected chi connectivity index (χ0v) is 12.7. The van der Waals surface area contributed by atoms with E-state index in [9.17, 15) is 9.59 Å². The van der Waals surface area contributed by atoms with Crippen molar-refractivity contribution in [2.45, 2.75) is 58.0 Å². The normalized spacial score (nSPS) is 27.6. The minimum absolute atomic E-state index is 0.0282. The van der Waals surface area contributed by atoms with E-state index in [2.05, 4.69) is 5.32 Å². The van der Waals surface area contributed by atoms with Gasteiger partial charge in [0.25, 0.3) is 5.56 Å². The lowest BCUT2D eigenvalue weighted by molar-refractivity contribution is -0.122. The summed E-state index contributed by atoms with van der Waals surface area (Å²) in [5.74, 6) is 1.63. The van der Waals surface area contributed by atoms with E-state index in [0.717, 1.165) is 18.0 Å². The Morgan fingerprint density at radius 1 is 1.29 bits per heavy atom. The second-order valence-electron chi connectivity index (χ2n) is 6.51. The SMILES string of the molecule is Cc1cccc(=O)n1CCC(=O)N[C@H]1CC[C@@H]2CCC[C@@H]21. The Morgan fingerprint density at radius 2 is 2.14 bits per heavy atom. The van der Waals surface area contributed by atoms with Gasteiger partial charge in [-0.05, 0) is 44.1 Å². The average molecular weight is 288 g/mol. The predicted octanol–water partition coefficient (Wildman–Crippen LogP) is 2.24.